The molecule has 3 rings (SSSR count). The summed E-state index contributed by atoms with van der Waals surface area (Å²) in [6, 6.07) is 10.3. The summed E-state index contributed by atoms with van der Waals surface area (Å²) in [6.45, 7) is 0.0820. The van der Waals surface area contributed by atoms with Crippen LogP contribution >= 0.6 is 11.3 Å². The third kappa shape index (κ3) is 3.35. The standard InChI is InChI=1S/C17H13FN2O4S/c1-24-9-12-15-13(18)6-3-7-14(15)25-16(12)17(21)19-10-4-2-5-11(8-10)20(22)23/h2-8H,9H2,1H3,(H,19,21). The van der Waals surface area contributed by atoms with E-state index in [4.69, 9.17) is 4.74 Å². The van der Waals surface area contributed by atoms with Crippen LogP contribution < -0.4 is 5.32 Å². The fourth-order valence-corrected chi connectivity index (χ4v) is 3.64. The van der Waals surface area contributed by atoms with Crippen LogP contribution in [-0.2, 0) is 11.3 Å². The number of thiophene rings is 1. The summed E-state index contributed by atoms with van der Waals surface area (Å²) in [7, 11) is 1.46. The van der Waals surface area contributed by atoms with Gasteiger partial charge in [0.25, 0.3) is 11.6 Å². The third-order valence-corrected chi connectivity index (χ3v) is 4.77. The van der Waals surface area contributed by atoms with Crippen LogP contribution in [-0.4, -0.2) is 17.9 Å². The van der Waals surface area contributed by atoms with Gasteiger partial charge in [0.05, 0.1) is 16.4 Å². The zero-order valence-electron chi connectivity index (χ0n) is 13.1. The summed E-state index contributed by atoms with van der Waals surface area (Å²) in [5.74, 6) is -0.886. The fraction of sp³-hybridized carbons (Fsp3) is 0.118. The van der Waals surface area contributed by atoms with Crippen LogP contribution in [0, 0.1) is 15.9 Å². The van der Waals surface area contributed by atoms with Crippen molar-refractivity contribution in [3.63, 3.8) is 0 Å². The van der Waals surface area contributed by atoms with Gasteiger partial charge >= 0.3 is 0 Å². The minimum atomic E-state index is -0.541. The number of nitro groups is 1. The van der Waals surface area contributed by atoms with Crippen molar-refractivity contribution in [3.8, 4) is 0 Å². The molecule has 0 saturated carbocycles. The van der Waals surface area contributed by atoms with E-state index in [-0.39, 0.29) is 12.3 Å². The molecule has 0 bridgehead atoms. The molecule has 3 aromatic rings. The molecule has 2 aromatic carbocycles. The van der Waals surface area contributed by atoms with Crippen molar-refractivity contribution in [2.24, 2.45) is 0 Å². The van der Waals surface area contributed by atoms with Gasteiger partial charge < -0.3 is 10.1 Å². The number of carbonyl (C=O) groups is 1. The first-order chi connectivity index (χ1) is 12.0. The number of rotatable bonds is 5. The Morgan fingerprint density at radius 3 is 2.80 bits per heavy atom. The molecule has 25 heavy (non-hydrogen) atoms. The minimum Gasteiger partial charge on any atom is -0.380 e. The van der Waals surface area contributed by atoms with Gasteiger partial charge in [-0.05, 0) is 18.2 Å². The number of hydrogen-bond acceptors (Lipinski definition) is 5. The molecule has 0 radical (unpaired) electrons. The molecule has 0 atom stereocenters. The van der Waals surface area contributed by atoms with Crippen molar-refractivity contribution in [1.29, 1.82) is 0 Å². The van der Waals surface area contributed by atoms with E-state index in [0.29, 0.717) is 26.2 Å². The predicted octanol–water partition coefficient (Wildman–Crippen LogP) is 4.35. The van der Waals surface area contributed by atoms with Crippen molar-refractivity contribution in [2.45, 2.75) is 6.61 Å². The van der Waals surface area contributed by atoms with E-state index < -0.39 is 16.6 Å². The molecule has 0 saturated heterocycles. The first-order valence-electron chi connectivity index (χ1n) is 7.26. The fourth-order valence-electron chi connectivity index (χ4n) is 2.52. The number of hydrogen-bond donors (Lipinski definition) is 1. The largest absolute Gasteiger partial charge is 0.380 e. The number of nitro benzene ring substituents is 1. The Kier molecular flexibility index (Phi) is 4.73. The number of carbonyl (C=O) groups excluding carboxylic acids is 1. The van der Waals surface area contributed by atoms with Gasteiger partial charge in [-0.1, -0.05) is 12.1 Å². The topological polar surface area (TPSA) is 81.5 Å². The lowest BCUT2D eigenvalue weighted by molar-refractivity contribution is -0.384. The Hall–Kier alpha value is -2.84. The summed E-state index contributed by atoms with van der Waals surface area (Å²) in [5.41, 5.74) is 0.626. The number of methoxy groups -OCH3 is 1. The highest BCUT2D eigenvalue weighted by molar-refractivity contribution is 7.21. The summed E-state index contributed by atoms with van der Waals surface area (Å²) < 4.78 is 19.9. The van der Waals surface area contributed by atoms with Crippen LogP contribution in [0.5, 0.6) is 0 Å². The molecule has 0 spiro atoms. The Balaban J connectivity index is 1.99. The molecule has 8 heteroatoms. The summed E-state index contributed by atoms with van der Waals surface area (Å²) in [6.07, 6.45) is 0. The number of fused-ring (bicyclic) bond motifs is 1. The van der Waals surface area contributed by atoms with Gasteiger partial charge in [-0.25, -0.2) is 4.39 Å². The first kappa shape index (κ1) is 17.0. The first-order valence-corrected chi connectivity index (χ1v) is 8.07. The lowest BCUT2D eigenvalue weighted by atomic mass is 10.1. The minimum absolute atomic E-state index is 0.0820. The molecule has 0 aliphatic carbocycles. The van der Waals surface area contributed by atoms with Crippen molar-refractivity contribution in [3.05, 3.63) is 68.8 Å². The number of benzene rings is 2. The van der Waals surface area contributed by atoms with Crippen LogP contribution in [0.4, 0.5) is 15.8 Å². The Morgan fingerprint density at radius 1 is 1.32 bits per heavy atom. The molecule has 0 aliphatic heterocycles. The molecule has 1 heterocycles. The van der Waals surface area contributed by atoms with Gasteiger partial charge in [0.2, 0.25) is 0 Å². The maximum Gasteiger partial charge on any atom is 0.271 e. The average Bonchev–Trinajstić information content (AvgIpc) is 2.95. The highest BCUT2D eigenvalue weighted by Crippen LogP contribution is 2.34. The molecular formula is C17H13FN2O4S. The van der Waals surface area contributed by atoms with E-state index in [9.17, 15) is 19.3 Å². The van der Waals surface area contributed by atoms with Crippen LogP contribution in [0.2, 0.25) is 0 Å². The van der Waals surface area contributed by atoms with Crippen molar-refractivity contribution in [2.75, 3.05) is 12.4 Å². The van der Waals surface area contributed by atoms with Crippen LogP contribution in [0.3, 0.4) is 0 Å². The molecule has 1 amide bonds. The van der Waals surface area contributed by atoms with Gasteiger partial charge in [-0.2, -0.15) is 0 Å². The maximum atomic E-state index is 14.2. The molecule has 1 aromatic heterocycles. The van der Waals surface area contributed by atoms with E-state index in [0.717, 1.165) is 11.3 Å². The maximum absolute atomic E-state index is 14.2. The number of anilines is 1. The lowest BCUT2D eigenvalue weighted by Crippen LogP contribution is -2.12. The monoisotopic (exact) mass is 360 g/mol. The van der Waals surface area contributed by atoms with Crippen LogP contribution in [0.1, 0.15) is 15.2 Å². The Morgan fingerprint density at radius 2 is 2.08 bits per heavy atom. The number of amides is 1. The summed E-state index contributed by atoms with van der Waals surface area (Å²) >= 11 is 1.15. The number of ether oxygens (including phenoxy) is 1. The SMILES string of the molecule is COCc1c(C(=O)Nc2cccc([N+](=O)[O-])c2)sc2cccc(F)c12. The second-order valence-corrected chi connectivity index (χ2v) is 6.27. The predicted molar refractivity (Wildman–Crippen MR) is 93.5 cm³/mol. The highest BCUT2D eigenvalue weighted by Gasteiger charge is 2.21. The second kappa shape index (κ2) is 6.96. The van der Waals surface area contributed by atoms with Crippen LogP contribution in [0.15, 0.2) is 42.5 Å². The van der Waals surface area contributed by atoms with E-state index in [1.54, 1.807) is 18.2 Å². The molecule has 1 N–H and O–H groups in total. The third-order valence-electron chi connectivity index (χ3n) is 3.57. The van der Waals surface area contributed by atoms with Gasteiger partial charge in [-0.15, -0.1) is 11.3 Å². The molecular weight excluding hydrogens is 347 g/mol. The average molecular weight is 360 g/mol. The van der Waals surface area contributed by atoms with E-state index in [2.05, 4.69) is 5.32 Å². The molecule has 128 valence electrons. The van der Waals surface area contributed by atoms with Gasteiger partial charge in [0, 0.05) is 40.6 Å². The van der Waals surface area contributed by atoms with Crippen LogP contribution in [0.25, 0.3) is 10.1 Å². The second-order valence-electron chi connectivity index (χ2n) is 5.22. The van der Waals surface area contributed by atoms with Crippen molar-refractivity contribution in [1.82, 2.24) is 0 Å². The van der Waals surface area contributed by atoms with E-state index in [1.165, 1.54) is 31.4 Å². The lowest BCUT2D eigenvalue weighted by Gasteiger charge is -2.06. The van der Waals surface area contributed by atoms with Gasteiger partial charge in [-0.3, -0.25) is 14.9 Å². The summed E-state index contributed by atoms with van der Waals surface area (Å²) in [5, 5.41) is 13.8. The molecule has 0 fully saturated rings. The Bertz CT molecular complexity index is 970. The van der Waals surface area contributed by atoms with Crippen molar-refractivity contribution < 1.29 is 18.8 Å². The van der Waals surface area contributed by atoms with Gasteiger partial charge in [0.1, 0.15) is 5.82 Å². The quantitative estimate of drug-likeness (QED) is 0.542. The number of halogens is 1. The zero-order chi connectivity index (χ0) is 18.0. The number of nitrogens with one attached hydrogen (secondary N) is 1. The van der Waals surface area contributed by atoms with Gasteiger partial charge in [0.15, 0.2) is 0 Å². The zero-order valence-corrected chi connectivity index (χ0v) is 13.9. The van der Waals surface area contributed by atoms with E-state index >= 15 is 0 Å². The smallest absolute Gasteiger partial charge is 0.271 e. The van der Waals surface area contributed by atoms with E-state index in [1.807, 2.05) is 0 Å². The normalized spacial score (nSPS) is 10.8. The highest BCUT2D eigenvalue weighted by atomic mass is 32.1. The van der Waals surface area contributed by atoms with Crippen molar-refractivity contribution >= 4 is 38.7 Å². The Labute approximate surface area is 146 Å². The summed E-state index contributed by atoms with van der Waals surface area (Å²) in [4.78, 5) is 23.2. The molecule has 6 nitrogen and oxygen atoms in total. The number of nitrogens with zero attached hydrogens (tertiary/aromatic N) is 1. The molecule has 0 aliphatic rings. The molecule has 0 unspecified atom stereocenters. The number of non-ortho nitro benzene ring substituents is 1.